The van der Waals surface area contributed by atoms with Gasteiger partial charge in [0.1, 0.15) is 0 Å². The Morgan fingerprint density at radius 1 is 1.30 bits per heavy atom. The number of nitrogens with one attached hydrogen (secondary N) is 1. The summed E-state index contributed by atoms with van der Waals surface area (Å²) in [6.07, 6.45) is 0.451. The Kier molecular flexibility index (Phi) is 5.62. The Balaban J connectivity index is 2.06. The molecule has 2 N–H and O–H groups in total. The van der Waals surface area contributed by atoms with Crippen molar-refractivity contribution in [1.29, 1.82) is 0 Å². The molecule has 23 heavy (non-hydrogen) atoms. The number of aromatic nitrogens is 2. The predicted molar refractivity (Wildman–Crippen MR) is 86.9 cm³/mol. The molecule has 120 valence electrons. The lowest BCUT2D eigenvalue weighted by molar-refractivity contribution is -0.142. The quantitative estimate of drug-likeness (QED) is 0.602. The number of oxime groups is 1. The minimum absolute atomic E-state index is 0.451. The second kappa shape index (κ2) is 7.88. The van der Waals surface area contributed by atoms with Crippen LogP contribution in [0.3, 0.4) is 0 Å². The molecule has 1 aromatic heterocycles. The van der Waals surface area contributed by atoms with Gasteiger partial charge in [0, 0.05) is 17.8 Å². The first-order chi connectivity index (χ1) is 11.0. The minimum Gasteiger partial charge on any atom is -0.479 e. The van der Waals surface area contributed by atoms with E-state index >= 15 is 0 Å². The van der Waals surface area contributed by atoms with Gasteiger partial charge in [-0.3, -0.25) is 0 Å². The van der Waals surface area contributed by atoms with E-state index in [1.807, 2.05) is 43.3 Å². The number of aryl methyl sites for hydroxylation is 1. The Morgan fingerprint density at radius 2 is 2.04 bits per heavy atom. The van der Waals surface area contributed by atoms with Gasteiger partial charge >= 0.3 is 5.97 Å². The largest absolute Gasteiger partial charge is 0.479 e. The van der Waals surface area contributed by atoms with Gasteiger partial charge in [-0.15, -0.1) is 0 Å². The molecular weight excluding hydrogens is 296 g/mol. The molecule has 1 aromatic carbocycles. The number of carboxylic acid groups (broad SMARTS) is 1. The molecule has 0 aliphatic carbocycles. The van der Waals surface area contributed by atoms with Crippen LogP contribution in [-0.2, 0) is 16.1 Å². The SMILES string of the molecule is CC(Cc1cc(C)nc(Nc2ccccc2)n1)=NOCC(=O)O. The van der Waals surface area contributed by atoms with Gasteiger partial charge < -0.3 is 15.3 Å². The molecule has 0 radical (unpaired) electrons. The zero-order valence-electron chi connectivity index (χ0n) is 13.0. The molecule has 0 saturated carbocycles. The van der Waals surface area contributed by atoms with Gasteiger partial charge in [-0.2, -0.15) is 0 Å². The number of nitrogens with zero attached hydrogens (tertiary/aromatic N) is 3. The van der Waals surface area contributed by atoms with Gasteiger partial charge in [0.25, 0.3) is 0 Å². The molecular formula is C16H18N4O3. The fourth-order valence-corrected chi connectivity index (χ4v) is 1.92. The highest BCUT2D eigenvalue weighted by atomic mass is 16.6. The lowest BCUT2D eigenvalue weighted by atomic mass is 10.2. The lowest BCUT2D eigenvalue weighted by Crippen LogP contribution is -2.08. The van der Waals surface area contributed by atoms with Crippen LogP contribution in [0.15, 0.2) is 41.6 Å². The van der Waals surface area contributed by atoms with Crippen molar-refractivity contribution in [3.63, 3.8) is 0 Å². The Bertz CT molecular complexity index is 702. The molecule has 0 amide bonds. The summed E-state index contributed by atoms with van der Waals surface area (Å²) in [7, 11) is 0. The van der Waals surface area contributed by atoms with E-state index in [4.69, 9.17) is 9.94 Å². The van der Waals surface area contributed by atoms with Crippen LogP contribution >= 0.6 is 0 Å². The number of para-hydroxylation sites is 1. The van der Waals surface area contributed by atoms with Crippen molar-refractivity contribution in [1.82, 2.24) is 9.97 Å². The fraction of sp³-hybridized carbons (Fsp3) is 0.250. The average Bonchev–Trinajstić information content (AvgIpc) is 2.47. The third-order valence-corrected chi connectivity index (χ3v) is 2.78. The van der Waals surface area contributed by atoms with Gasteiger partial charge in [-0.25, -0.2) is 14.8 Å². The summed E-state index contributed by atoms with van der Waals surface area (Å²) in [5.74, 6) is -0.556. The van der Waals surface area contributed by atoms with Crippen LogP contribution in [0.4, 0.5) is 11.6 Å². The number of hydrogen-bond donors (Lipinski definition) is 2. The van der Waals surface area contributed by atoms with Gasteiger partial charge in [-0.1, -0.05) is 23.4 Å². The van der Waals surface area contributed by atoms with Crippen LogP contribution in [0, 0.1) is 6.92 Å². The standard InChI is InChI=1S/C16H18N4O3/c1-11-8-14(9-12(2)20-23-10-15(21)22)19-16(17-11)18-13-6-4-3-5-7-13/h3-8H,9-10H2,1-2H3,(H,21,22)(H,17,18,19). The average molecular weight is 314 g/mol. The molecule has 0 bridgehead atoms. The molecule has 0 aliphatic rings. The molecule has 7 nitrogen and oxygen atoms in total. The molecule has 0 atom stereocenters. The lowest BCUT2D eigenvalue weighted by Gasteiger charge is -2.08. The number of rotatable bonds is 7. The minimum atomic E-state index is -1.06. The van der Waals surface area contributed by atoms with Gasteiger partial charge in [0.05, 0.1) is 11.4 Å². The highest BCUT2D eigenvalue weighted by Crippen LogP contribution is 2.13. The number of aliphatic carboxylic acids is 1. The topological polar surface area (TPSA) is 96.7 Å². The summed E-state index contributed by atoms with van der Waals surface area (Å²) in [5.41, 5.74) is 3.14. The second-order valence-electron chi connectivity index (χ2n) is 4.99. The van der Waals surface area contributed by atoms with Gasteiger partial charge in [0.2, 0.25) is 12.6 Å². The predicted octanol–water partition coefficient (Wildman–Crippen LogP) is 2.55. The van der Waals surface area contributed by atoms with Crippen molar-refractivity contribution >= 4 is 23.3 Å². The summed E-state index contributed by atoms with van der Waals surface area (Å²) >= 11 is 0. The van der Waals surface area contributed by atoms with Crippen LogP contribution in [0.25, 0.3) is 0 Å². The first kappa shape index (κ1) is 16.4. The van der Waals surface area contributed by atoms with E-state index in [1.165, 1.54) is 0 Å². The smallest absolute Gasteiger partial charge is 0.344 e. The Morgan fingerprint density at radius 3 is 2.74 bits per heavy atom. The number of benzene rings is 1. The van der Waals surface area contributed by atoms with E-state index in [9.17, 15) is 4.79 Å². The summed E-state index contributed by atoms with van der Waals surface area (Å²) in [6, 6.07) is 11.5. The summed E-state index contributed by atoms with van der Waals surface area (Å²) in [5, 5.41) is 15.4. The maximum Gasteiger partial charge on any atom is 0.344 e. The van der Waals surface area contributed by atoms with Crippen molar-refractivity contribution < 1.29 is 14.7 Å². The number of carboxylic acids is 1. The molecule has 7 heteroatoms. The van der Waals surface area contributed by atoms with Gasteiger partial charge in [-0.05, 0) is 32.0 Å². The number of anilines is 2. The normalized spacial score (nSPS) is 11.1. The zero-order chi connectivity index (χ0) is 16.7. The van der Waals surface area contributed by atoms with Crippen LogP contribution in [-0.4, -0.2) is 33.4 Å². The summed E-state index contributed by atoms with van der Waals surface area (Å²) in [4.78, 5) is 23.9. The monoisotopic (exact) mass is 314 g/mol. The summed E-state index contributed by atoms with van der Waals surface area (Å²) in [6.45, 7) is 3.18. The Labute approximate surface area is 134 Å². The highest BCUT2D eigenvalue weighted by Gasteiger charge is 2.05. The first-order valence-electron chi connectivity index (χ1n) is 7.07. The van der Waals surface area contributed by atoms with Crippen molar-refractivity contribution in [2.45, 2.75) is 20.3 Å². The highest BCUT2D eigenvalue weighted by molar-refractivity contribution is 5.83. The Hall–Kier alpha value is -2.96. The molecule has 2 aromatic rings. The van der Waals surface area contributed by atoms with E-state index in [2.05, 4.69) is 20.4 Å². The zero-order valence-corrected chi connectivity index (χ0v) is 13.0. The van der Waals surface area contributed by atoms with Crippen molar-refractivity contribution in [2.75, 3.05) is 11.9 Å². The molecule has 2 rings (SSSR count). The van der Waals surface area contributed by atoms with Crippen LogP contribution in [0.5, 0.6) is 0 Å². The van der Waals surface area contributed by atoms with E-state index in [0.29, 0.717) is 18.1 Å². The summed E-state index contributed by atoms with van der Waals surface area (Å²) < 4.78 is 0. The molecule has 0 aliphatic heterocycles. The van der Waals surface area contributed by atoms with Crippen molar-refractivity contribution in [2.24, 2.45) is 5.16 Å². The third kappa shape index (κ3) is 5.74. The molecule has 0 unspecified atom stereocenters. The molecule has 1 heterocycles. The number of carbonyl (C=O) groups is 1. The van der Waals surface area contributed by atoms with E-state index < -0.39 is 12.6 Å². The maximum atomic E-state index is 10.4. The number of hydrogen-bond acceptors (Lipinski definition) is 6. The third-order valence-electron chi connectivity index (χ3n) is 2.78. The fourth-order valence-electron chi connectivity index (χ4n) is 1.92. The molecule has 0 spiro atoms. The van der Waals surface area contributed by atoms with Crippen LogP contribution in [0.1, 0.15) is 18.3 Å². The van der Waals surface area contributed by atoms with E-state index in [-0.39, 0.29) is 0 Å². The van der Waals surface area contributed by atoms with Crippen LogP contribution < -0.4 is 5.32 Å². The van der Waals surface area contributed by atoms with Crippen LogP contribution in [0.2, 0.25) is 0 Å². The van der Waals surface area contributed by atoms with Crippen molar-refractivity contribution in [3.05, 3.63) is 47.8 Å². The van der Waals surface area contributed by atoms with Crippen molar-refractivity contribution in [3.8, 4) is 0 Å². The molecule has 0 fully saturated rings. The van der Waals surface area contributed by atoms with E-state index in [1.54, 1.807) is 6.92 Å². The van der Waals surface area contributed by atoms with E-state index in [0.717, 1.165) is 17.1 Å². The molecule has 0 saturated heterocycles. The second-order valence-corrected chi connectivity index (χ2v) is 4.99. The maximum absolute atomic E-state index is 10.4. The van der Waals surface area contributed by atoms with Gasteiger partial charge in [0.15, 0.2) is 0 Å². The first-order valence-corrected chi connectivity index (χ1v) is 7.07.